The van der Waals surface area contributed by atoms with Crippen molar-refractivity contribution < 1.29 is 13.2 Å². The van der Waals surface area contributed by atoms with Gasteiger partial charge in [-0.15, -0.1) is 0 Å². The molecule has 0 spiro atoms. The van der Waals surface area contributed by atoms with Crippen LogP contribution in [0.2, 0.25) is 0 Å². The summed E-state index contributed by atoms with van der Waals surface area (Å²) >= 11 is 0. The first-order valence-electron chi connectivity index (χ1n) is 5.26. The molecule has 4 nitrogen and oxygen atoms in total. The highest BCUT2D eigenvalue weighted by atomic mass is 19.4. The maximum atomic E-state index is 12.1. The van der Waals surface area contributed by atoms with Gasteiger partial charge in [-0.25, -0.2) is 0 Å². The summed E-state index contributed by atoms with van der Waals surface area (Å²) in [6.45, 7) is -0.237. The molecule has 0 aliphatic carbocycles. The van der Waals surface area contributed by atoms with E-state index in [-0.39, 0.29) is 12.4 Å². The molecule has 0 fully saturated rings. The standard InChI is InChI=1S/C11H11F3N4/c12-11(13,14)3-6-18-7-9(10(15)17-18)8-1-4-16-5-2-8/h1-2,4-5,7H,3,6H2,(H2,15,17). The number of rotatable bonds is 3. The van der Waals surface area contributed by atoms with Crippen LogP contribution in [0.4, 0.5) is 19.0 Å². The minimum Gasteiger partial charge on any atom is -0.382 e. The molecule has 7 heteroatoms. The summed E-state index contributed by atoms with van der Waals surface area (Å²) in [6, 6.07) is 3.45. The summed E-state index contributed by atoms with van der Waals surface area (Å²) in [5, 5.41) is 3.86. The molecule has 0 saturated carbocycles. The van der Waals surface area contributed by atoms with Crippen LogP contribution >= 0.6 is 0 Å². The first kappa shape index (κ1) is 12.4. The number of aromatic nitrogens is 3. The fourth-order valence-corrected chi connectivity index (χ4v) is 1.55. The molecule has 2 heterocycles. The predicted molar refractivity (Wildman–Crippen MR) is 60.5 cm³/mol. The van der Waals surface area contributed by atoms with Crippen LogP contribution in [-0.2, 0) is 6.54 Å². The van der Waals surface area contributed by atoms with E-state index >= 15 is 0 Å². The molecule has 0 aliphatic rings. The van der Waals surface area contributed by atoms with Gasteiger partial charge < -0.3 is 5.73 Å². The van der Waals surface area contributed by atoms with E-state index in [0.717, 1.165) is 5.56 Å². The SMILES string of the molecule is Nc1nn(CCC(F)(F)F)cc1-c1ccncc1. The smallest absolute Gasteiger partial charge is 0.382 e. The number of pyridine rings is 1. The Labute approximate surface area is 101 Å². The summed E-state index contributed by atoms with van der Waals surface area (Å²) in [6.07, 6.45) is -0.443. The molecule has 0 atom stereocenters. The number of alkyl halides is 3. The van der Waals surface area contributed by atoms with E-state index in [1.807, 2.05) is 0 Å². The van der Waals surface area contributed by atoms with Crippen molar-refractivity contribution in [2.75, 3.05) is 5.73 Å². The molecule has 0 amide bonds. The second kappa shape index (κ2) is 4.67. The summed E-state index contributed by atoms with van der Waals surface area (Å²) in [4.78, 5) is 3.86. The Bertz CT molecular complexity index is 519. The van der Waals surface area contributed by atoms with Gasteiger partial charge in [0.15, 0.2) is 5.82 Å². The number of nitrogen functional groups attached to an aromatic ring is 1. The lowest BCUT2D eigenvalue weighted by Gasteiger charge is -2.05. The van der Waals surface area contributed by atoms with Gasteiger partial charge in [-0.1, -0.05) is 0 Å². The lowest BCUT2D eigenvalue weighted by Crippen LogP contribution is -2.12. The third kappa shape index (κ3) is 2.99. The van der Waals surface area contributed by atoms with Crippen molar-refractivity contribution >= 4 is 5.82 Å². The molecule has 18 heavy (non-hydrogen) atoms. The molecule has 2 N–H and O–H groups in total. The molecule has 0 saturated heterocycles. The number of aryl methyl sites for hydroxylation is 1. The van der Waals surface area contributed by atoms with Crippen LogP contribution in [-0.4, -0.2) is 20.9 Å². The van der Waals surface area contributed by atoms with Gasteiger partial charge in [0.25, 0.3) is 0 Å². The maximum absolute atomic E-state index is 12.1. The topological polar surface area (TPSA) is 56.7 Å². The van der Waals surface area contributed by atoms with Gasteiger partial charge >= 0.3 is 6.18 Å². The molecule has 0 bridgehead atoms. The summed E-state index contributed by atoms with van der Waals surface area (Å²) in [5.41, 5.74) is 7.07. The van der Waals surface area contributed by atoms with Crippen LogP contribution in [0.5, 0.6) is 0 Å². The van der Waals surface area contributed by atoms with Crippen molar-refractivity contribution in [1.29, 1.82) is 0 Å². The average molecular weight is 256 g/mol. The van der Waals surface area contributed by atoms with Crippen LogP contribution in [0.15, 0.2) is 30.7 Å². The minimum atomic E-state index is -4.20. The highest BCUT2D eigenvalue weighted by Crippen LogP contribution is 2.25. The zero-order chi connectivity index (χ0) is 13.2. The van der Waals surface area contributed by atoms with E-state index in [1.165, 1.54) is 10.9 Å². The van der Waals surface area contributed by atoms with Crippen molar-refractivity contribution in [1.82, 2.24) is 14.8 Å². The highest BCUT2D eigenvalue weighted by Gasteiger charge is 2.27. The third-order valence-corrected chi connectivity index (χ3v) is 2.41. The van der Waals surface area contributed by atoms with E-state index in [4.69, 9.17) is 5.73 Å². The Morgan fingerprint density at radius 3 is 2.50 bits per heavy atom. The van der Waals surface area contributed by atoms with Crippen LogP contribution in [0.3, 0.4) is 0 Å². The lowest BCUT2D eigenvalue weighted by molar-refractivity contribution is -0.137. The Balaban J connectivity index is 2.18. The molecule has 0 aliphatic heterocycles. The van der Waals surface area contributed by atoms with Gasteiger partial charge in [0.05, 0.1) is 6.42 Å². The van der Waals surface area contributed by atoms with E-state index in [2.05, 4.69) is 10.1 Å². The number of nitrogens with two attached hydrogens (primary N) is 1. The van der Waals surface area contributed by atoms with E-state index in [1.54, 1.807) is 24.5 Å². The molecular weight excluding hydrogens is 245 g/mol. The van der Waals surface area contributed by atoms with Crippen LogP contribution in [0, 0.1) is 0 Å². The number of halogens is 3. The van der Waals surface area contributed by atoms with Crippen molar-refractivity contribution in [3.05, 3.63) is 30.7 Å². The monoisotopic (exact) mass is 256 g/mol. The Morgan fingerprint density at radius 1 is 1.22 bits per heavy atom. The van der Waals surface area contributed by atoms with Gasteiger partial charge in [0.1, 0.15) is 0 Å². The molecule has 2 aromatic rings. The largest absolute Gasteiger partial charge is 0.390 e. The van der Waals surface area contributed by atoms with E-state index in [0.29, 0.717) is 5.56 Å². The highest BCUT2D eigenvalue weighted by molar-refractivity contribution is 5.72. The van der Waals surface area contributed by atoms with Crippen LogP contribution in [0.25, 0.3) is 11.1 Å². The van der Waals surface area contributed by atoms with Crippen LogP contribution in [0.1, 0.15) is 6.42 Å². The second-order valence-electron chi connectivity index (χ2n) is 3.79. The van der Waals surface area contributed by atoms with Crippen molar-refractivity contribution in [3.63, 3.8) is 0 Å². The van der Waals surface area contributed by atoms with Gasteiger partial charge in [-0.05, 0) is 17.7 Å². The molecule has 0 aromatic carbocycles. The van der Waals surface area contributed by atoms with Gasteiger partial charge in [-0.3, -0.25) is 9.67 Å². The van der Waals surface area contributed by atoms with Gasteiger partial charge in [-0.2, -0.15) is 18.3 Å². The van der Waals surface area contributed by atoms with Crippen molar-refractivity contribution in [2.24, 2.45) is 0 Å². The lowest BCUT2D eigenvalue weighted by atomic mass is 10.1. The second-order valence-corrected chi connectivity index (χ2v) is 3.79. The summed E-state index contributed by atoms with van der Waals surface area (Å²) < 4.78 is 37.5. The number of nitrogens with zero attached hydrogens (tertiary/aromatic N) is 3. The number of hydrogen-bond donors (Lipinski definition) is 1. The van der Waals surface area contributed by atoms with Gasteiger partial charge in [0, 0.05) is 30.7 Å². The number of hydrogen-bond acceptors (Lipinski definition) is 3. The maximum Gasteiger partial charge on any atom is 0.390 e. The third-order valence-electron chi connectivity index (χ3n) is 2.41. The molecule has 2 aromatic heterocycles. The fraction of sp³-hybridized carbons (Fsp3) is 0.273. The summed E-state index contributed by atoms with van der Waals surface area (Å²) in [7, 11) is 0. The normalized spacial score (nSPS) is 11.7. The summed E-state index contributed by atoms with van der Waals surface area (Å²) in [5.74, 6) is 0.211. The zero-order valence-corrected chi connectivity index (χ0v) is 9.35. The molecule has 2 rings (SSSR count). The zero-order valence-electron chi connectivity index (χ0n) is 9.35. The fourth-order valence-electron chi connectivity index (χ4n) is 1.55. The minimum absolute atomic E-state index is 0.211. The average Bonchev–Trinajstić information content (AvgIpc) is 2.68. The Morgan fingerprint density at radius 2 is 1.89 bits per heavy atom. The molecule has 96 valence electrons. The van der Waals surface area contributed by atoms with Crippen LogP contribution < -0.4 is 5.73 Å². The quantitative estimate of drug-likeness (QED) is 0.917. The van der Waals surface area contributed by atoms with E-state index in [9.17, 15) is 13.2 Å². The van der Waals surface area contributed by atoms with E-state index < -0.39 is 12.6 Å². The van der Waals surface area contributed by atoms with Gasteiger partial charge in [0.2, 0.25) is 0 Å². The molecule has 0 radical (unpaired) electrons. The Kier molecular flexibility index (Phi) is 3.22. The molecule has 0 unspecified atom stereocenters. The first-order chi connectivity index (χ1) is 8.46. The Hall–Kier alpha value is -2.05. The van der Waals surface area contributed by atoms with Crippen molar-refractivity contribution in [3.8, 4) is 11.1 Å². The van der Waals surface area contributed by atoms with Crippen molar-refractivity contribution in [2.45, 2.75) is 19.1 Å². The predicted octanol–water partition coefficient (Wildman–Crippen LogP) is 2.48. The molecular formula is C11H11F3N4. The number of anilines is 1. The first-order valence-corrected chi connectivity index (χ1v) is 5.26.